The van der Waals surface area contributed by atoms with Gasteiger partial charge in [-0.1, -0.05) is 6.07 Å². The molecule has 0 atom stereocenters. The molecule has 0 aromatic heterocycles. The van der Waals surface area contributed by atoms with Gasteiger partial charge < -0.3 is 10.2 Å². The Balaban J connectivity index is 1.79. The Bertz CT molecular complexity index is 463. The van der Waals surface area contributed by atoms with Crippen molar-refractivity contribution in [2.24, 2.45) is 0 Å². The van der Waals surface area contributed by atoms with Gasteiger partial charge in [0.05, 0.1) is 9.40 Å². The number of rotatable bonds is 7. The van der Waals surface area contributed by atoms with Crippen molar-refractivity contribution in [3.63, 3.8) is 0 Å². The summed E-state index contributed by atoms with van der Waals surface area (Å²) in [6, 6.07) is 6.01. The lowest BCUT2D eigenvalue weighted by Crippen LogP contribution is -2.30. The zero-order chi connectivity index (χ0) is 13.8. The number of nitro groups is 1. The standard InChI is InChI=1S/C13H18BrN3O2/c1-16(11-3-4-11)7-6-15-9-10-2-5-12(14)13(8-10)17(18)19/h2,5,8,11,15H,3-4,6-7,9H2,1H3. The summed E-state index contributed by atoms with van der Waals surface area (Å²) in [6.07, 6.45) is 2.63. The Kier molecular flexibility index (Phi) is 4.90. The van der Waals surface area contributed by atoms with Gasteiger partial charge in [-0.05, 0) is 47.4 Å². The molecule has 1 aliphatic rings. The molecule has 1 saturated carbocycles. The maximum Gasteiger partial charge on any atom is 0.283 e. The molecule has 0 radical (unpaired) electrons. The quantitative estimate of drug-likeness (QED) is 0.475. The van der Waals surface area contributed by atoms with Crippen LogP contribution in [0.5, 0.6) is 0 Å². The van der Waals surface area contributed by atoms with E-state index in [0.29, 0.717) is 11.0 Å². The maximum atomic E-state index is 10.8. The monoisotopic (exact) mass is 327 g/mol. The summed E-state index contributed by atoms with van der Waals surface area (Å²) in [5.74, 6) is 0. The van der Waals surface area contributed by atoms with Gasteiger partial charge in [0.2, 0.25) is 0 Å². The second-order valence-electron chi connectivity index (χ2n) is 4.93. The Hall–Kier alpha value is -0.980. The van der Waals surface area contributed by atoms with E-state index in [1.54, 1.807) is 12.1 Å². The van der Waals surface area contributed by atoms with E-state index in [4.69, 9.17) is 0 Å². The normalized spacial score (nSPS) is 14.9. The fraction of sp³-hybridized carbons (Fsp3) is 0.538. The first-order chi connectivity index (χ1) is 9.08. The topological polar surface area (TPSA) is 58.4 Å². The van der Waals surface area contributed by atoms with Crippen molar-refractivity contribution in [1.82, 2.24) is 10.2 Å². The zero-order valence-corrected chi connectivity index (χ0v) is 12.5. The number of nitrogens with zero attached hydrogens (tertiary/aromatic N) is 2. The zero-order valence-electron chi connectivity index (χ0n) is 10.9. The molecule has 0 aliphatic heterocycles. The molecule has 5 nitrogen and oxygen atoms in total. The fourth-order valence-corrected chi connectivity index (χ4v) is 2.39. The van der Waals surface area contributed by atoms with Crippen LogP contribution in [0.25, 0.3) is 0 Å². The minimum absolute atomic E-state index is 0.120. The van der Waals surface area contributed by atoms with Gasteiger partial charge in [0.15, 0.2) is 0 Å². The molecule has 104 valence electrons. The predicted molar refractivity (Wildman–Crippen MR) is 78.2 cm³/mol. The third kappa shape index (κ3) is 4.26. The van der Waals surface area contributed by atoms with Crippen molar-refractivity contribution < 1.29 is 4.92 Å². The van der Waals surface area contributed by atoms with E-state index in [1.807, 2.05) is 6.07 Å². The summed E-state index contributed by atoms with van der Waals surface area (Å²) in [5.41, 5.74) is 1.05. The fourth-order valence-electron chi connectivity index (χ4n) is 1.99. The van der Waals surface area contributed by atoms with Gasteiger partial charge >= 0.3 is 0 Å². The minimum Gasteiger partial charge on any atom is -0.311 e. The summed E-state index contributed by atoms with van der Waals surface area (Å²) < 4.78 is 0.523. The third-order valence-electron chi connectivity index (χ3n) is 3.35. The van der Waals surface area contributed by atoms with Crippen LogP contribution in [-0.4, -0.2) is 36.0 Å². The predicted octanol–water partition coefficient (Wildman–Crippen LogP) is 2.54. The molecular formula is C13H18BrN3O2. The van der Waals surface area contributed by atoms with Gasteiger partial charge in [0.25, 0.3) is 5.69 Å². The van der Waals surface area contributed by atoms with Crippen molar-refractivity contribution >= 4 is 21.6 Å². The summed E-state index contributed by atoms with van der Waals surface area (Å²) in [6.45, 7) is 2.58. The molecule has 2 rings (SSSR count). The molecule has 0 unspecified atom stereocenters. The van der Waals surface area contributed by atoms with E-state index in [1.165, 1.54) is 12.8 Å². The van der Waals surface area contributed by atoms with Crippen LogP contribution >= 0.6 is 15.9 Å². The molecule has 1 aromatic rings. The van der Waals surface area contributed by atoms with E-state index < -0.39 is 0 Å². The van der Waals surface area contributed by atoms with Crippen molar-refractivity contribution in [3.8, 4) is 0 Å². The molecular weight excluding hydrogens is 310 g/mol. The van der Waals surface area contributed by atoms with Gasteiger partial charge in [-0.15, -0.1) is 0 Å². The van der Waals surface area contributed by atoms with Crippen molar-refractivity contribution in [3.05, 3.63) is 38.3 Å². The maximum absolute atomic E-state index is 10.8. The van der Waals surface area contributed by atoms with Crippen LogP contribution in [0.2, 0.25) is 0 Å². The first kappa shape index (κ1) is 14.4. The van der Waals surface area contributed by atoms with E-state index >= 15 is 0 Å². The van der Waals surface area contributed by atoms with Crippen molar-refractivity contribution in [2.75, 3.05) is 20.1 Å². The van der Waals surface area contributed by atoms with Crippen molar-refractivity contribution in [1.29, 1.82) is 0 Å². The van der Waals surface area contributed by atoms with E-state index in [0.717, 1.165) is 24.7 Å². The van der Waals surface area contributed by atoms with Crippen LogP contribution in [0.15, 0.2) is 22.7 Å². The second-order valence-corrected chi connectivity index (χ2v) is 5.79. The van der Waals surface area contributed by atoms with Crippen LogP contribution in [0.4, 0.5) is 5.69 Å². The highest BCUT2D eigenvalue weighted by molar-refractivity contribution is 9.10. The minimum atomic E-state index is -0.367. The molecule has 0 saturated heterocycles. The van der Waals surface area contributed by atoms with Gasteiger partial charge in [-0.25, -0.2) is 0 Å². The summed E-state index contributed by atoms with van der Waals surface area (Å²) in [5, 5.41) is 14.1. The van der Waals surface area contributed by atoms with E-state index in [2.05, 4.69) is 33.2 Å². The number of hydrogen-bond acceptors (Lipinski definition) is 4. The molecule has 1 fully saturated rings. The van der Waals surface area contributed by atoms with E-state index in [9.17, 15) is 10.1 Å². The lowest BCUT2D eigenvalue weighted by atomic mass is 10.2. The van der Waals surface area contributed by atoms with Gasteiger partial charge in [0.1, 0.15) is 0 Å². The van der Waals surface area contributed by atoms with Crippen LogP contribution < -0.4 is 5.32 Å². The Labute approximate surface area is 121 Å². The molecule has 19 heavy (non-hydrogen) atoms. The van der Waals surface area contributed by atoms with Gasteiger partial charge in [-0.2, -0.15) is 0 Å². The van der Waals surface area contributed by atoms with E-state index in [-0.39, 0.29) is 10.6 Å². The summed E-state index contributed by atoms with van der Waals surface area (Å²) in [7, 11) is 2.14. The highest BCUT2D eigenvalue weighted by Gasteiger charge is 2.25. The van der Waals surface area contributed by atoms with Crippen LogP contribution in [0, 0.1) is 10.1 Å². The highest BCUT2D eigenvalue weighted by atomic mass is 79.9. The molecule has 1 aromatic carbocycles. The first-order valence-electron chi connectivity index (χ1n) is 6.41. The number of nitrogens with one attached hydrogen (secondary N) is 1. The molecule has 0 heterocycles. The summed E-state index contributed by atoms with van der Waals surface area (Å²) >= 11 is 3.19. The number of benzene rings is 1. The lowest BCUT2D eigenvalue weighted by Gasteiger charge is -2.15. The molecule has 0 spiro atoms. The average molecular weight is 328 g/mol. The average Bonchev–Trinajstić information content (AvgIpc) is 3.20. The number of likely N-dealkylation sites (N-methyl/N-ethyl adjacent to an activating group) is 1. The van der Waals surface area contributed by atoms with Crippen LogP contribution in [0.3, 0.4) is 0 Å². The van der Waals surface area contributed by atoms with Crippen molar-refractivity contribution in [2.45, 2.75) is 25.4 Å². The van der Waals surface area contributed by atoms with Gasteiger partial charge in [0, 0.05) is 31.7 Å². The van der Waals surface area contributed by atoms with Crippen LogP contribution in [-0.2, 0) is 6.54 Å². The smallest absolute Gasteiger partial charge is 0.283 e. The highest BCUT2D eigenvalue weighted by Crippen LogP contribution is 2.26. The third-order valence-corrected chi connectivity index (χ3v) is 4.02. The molecule has 1 N–H and O–H groups in total. The molecule has 1 aliphatic carbocycles. The molecule has 6 heteroatoms. The number of hydrogen-bond donors (Lipinski definition) is 1. The lowest BCUT2D eigenvalue weighted by molar-refractivity contribution is -0.385. The largest absolute Gasteiger partial charge is 0.311 e. The first-order valence-corrected chi connectivity index (χ1v) is 7.21. The Morgan fingerprint density at radius 1 is 1.53 bits per heavy atom. The Morgan fingerprint density at radius 2 is 2.26 bits per heavy atom. The summed E-state index contributed by atoms with van der Waals surface area (Å²) in [4.78, 5) is 12.8. The van der Waals surface area contributed by atoms with Crippen LogP contribution in [0.1, 0.15) is 18.4 Å². The molecule has 0 bridgehead atoms. The second kappa shape index (κ2) is 6.45. The van der Waals surface area contributed by atoms with Gasteiger partial charge in [-0.3, -0.25) is 10.1 Å². The molecule has 0 amide bonds. The number of nitro benzene ring substituents is 1. The Morgan fingerprint density at radius 3 is 2.89 bits per heavy atom. The number of halogens is 1. The SMILES string of the molecule is CN(CCNCc1ccc(Br)c([N+](=O)[O-])c1)C1CC1.